The molecule has 5 rings (SSSR count). The molecule has 166 valence electrons. The van der Waals surface area contributed by atoms with Gasteiger partial charge in [0.05, 0.1) is 17.0 Å². The molecular weight excluding hydrogens is 426 g/mol. The molecule has 1 aromatic rings. The van der Waals surface area contributed by atoms with Crippen molar-refractivity contribution in [2.24, 2.45) is 17.6 Å². The average Bonchev–Trinajstić information content (AvgIpc) is 3.30. The van der Waals surface area contributed by atoms with E-state index in [-0.39, 0.29) is 30.0 Å². The first-order valence-corrected chi connectivity index (χ1v) is 12.1. The van der Waals surface area contributed by atoms with Crippen molar-refractivity contribution < 1.29 is 22.0 Å². The van der Waals surface area contributed by atoms with Crippen LogP contribution in [-0.2, 0) is 14.8 Å². The van der Waals surface area contributed by atoms with Gasteiger partial charge in [0.1, 0.15) is 17.7 Å². The number of rotatable bonds is 4. The molecule has 7 nitrogen and oxygen atoms in total. The van der Waals surface area contributed by atoms with Gasteiger partial charge >= 0.3 is 0 Å². The van der Waals surface area contributed by atoms with Gasteiger partial charge in [-0.25, -0.2) is 17.2 Å². The average molecular weight is 451 g/mol. The van der Waals surface area contributed by atoms with E-state index < -0.39 is 38.6 Å². The molecule has 6 atom stereocenters. The van der Waals surface area contributed by atoms with E-state index >= 15 is 0 Å². The Morgan fingerprint density at radius 1 is 1.10 bits per heavy atom. The lowest BCUT2D eigenvalue weighted by Crippen LogP contribution is -2.55. The third-order valence-electron chi connectivity index (χ3n) is 7.41. The van der Waals surface area contributed by atoms with Crippen molar-refractivity contribution in [1.82, 2.24) is 9.21 Å². The summed E-state index contributed by atoms with van der Waals surface area (Å²) in [4.78, 5) is 14.3. The summed E-state index contributed by atoms with van der Waals surface area (Å²) in [6, 6.07) is 2.68. The SMILES string of the molecule is N#C[C@@H]1C[C@@H]2C[C@@H]2N1C(=O)[C@@H](N)C1C[C@@H]2CC[C@@H](C1)N2S(=O)(=O)c1cc(F)cc(F)c1. The number of nitrogens with zero attached hydrogens (tertiary/aromatic N) is 3. The molecule has 3 aliphatic heterocycles. The number of piperidine rings is 2. The number of sulfonamides is 1. The van der Waals surface area contributed by atoms with Crippen LogP contribution < -0.4 is 5.73 Å². The topological polar surface area (TPSA) is 108 Å². The number of fused-ring (bicyclic) bond motifs is 3. The summed E-state index contributed by atoms with van der Waals surface area (Å²) >= 11 is 0. The Morgan fingerprint density at radius 2 is 1.71 bits per heavy atom. The van der Waals surface area contributed by atoms with Crippen LogP contribution in [0.15, 0.2) is 23.1 Å². The Kier molecular flexibility index (Phi) is 4.84. The molecule has 1 aliphatic carbocycles. The lowest BCUT2D eigenvalue weighted by atomic mass is 9.85. The Labute approximate surface area is 179 Å². The molecule has 2 bridgehead atoms. The van der Waals surface area contributed by atoms with Crippen LogP contribution in [0.1, 0.15) is 38.5 Å². The predicted molar refractivity (Wildman–Crippen MR) is 106 cm³/mol. The minimum atomic E-state index is -4.07. The van der Waals surface area contributed by atoms with Crippen LogP contribution in [0.2, 0.25) is 0 Å². The zero-order chi connectivity index (χ0) is 22.1. The third-order valence-corrected chi connectivity index (χ3v) is 9.40. The van der Waals surface area contributed by atoms with Gasteiger partial charge in [0.15, 0.2) is 0 Å². The number of hydrogen-bond donors (Lipinski definition) is 1. The van der Waals surface area contributed by atoms with Crippen molar-refractivity contribution >= 4 is 15.9 Å². The highest BCUT2D eigenvalue weighted by atomic mass is 32.2. The molecule has 3 saturated heterocycles. The summed E-state index contributed by atoms with van der Waals surface area (Å²) in [7, 11) is -4.07. The Morgan fingerprint density at radius 3 is 2.29 bits per heavy atom. The molecule has 1 saturated carbocycles. The van der Waals surface area contributed by atoms with Crippen molar-refractivity contribution in [2.75, 3.05) is 0 Å². The van der Waals surface area contributed by atoms with Gasteiger partial charge in [0.2, 0.25) is 15.9 Å². The van der Waals surface area contributed by atoms with Gasteiger partial charge < -0.3 is 10.6 Å². The number of halogens is 2. The second-order valence-electron chi connectivity index (χ2n) is 9.27. The van der Waals surface area contributed by atoms with E-state index in [9.17, 15) is 27.3 Å². The summed E-state index contributed by atoms with van der Waals surface area (Å²) in [6.07, 6.45) is 3.69. The first-order valence-electron chi connectivity index (χ1n) is 10.7. The van der Waals surface area contributed by atoms with Crippen LogP contribution in [0.25, 0.3) is 0 Å². The quantitative estimate of drug-likeness (QED) is 0.752. The van der Waals surface area contributed by atoms with Gasteiger partial charge in [-0.2, -0.15) is 9.57 Å². The van der Waals surface area contributed by atoms with Crippen molar-refractivity contribution in [3.63, 3.8) is 0 Å². The van der Waals surface area contributed by atoms with E-state index in [1.807, 2.05) is 0 Å². The van der Waals surface area contributed by atoms with E-state index in [1.54, 1.807) is 4.90 Å². The fourth-order valence-corrected chi connectivity index (χ4v) is 7.86. The maximum Gasteiger partial charge on any atom is 0.243 e. The summed E-state index contributed by atoms with van der Waals surface area (Å²) in [5.74, 6) is -1.90. The molecule has 0 unspecified atom stereocenters. The highest BCUT2D eigenvalue weighted by molar-refractivity contribution is 7.89. The number of benzene rings is 1. The Balaban J connectivity index is 1.34. The molecule has 31 heavy (non-hydrogen) atoms. The highest BCUT2D eigenvalue weighted by Gasteiger charge is 2.56. The number of amides is 1. The van der Waals surface area contributed by atoms with Crippen LogP contribution in [0.4, 0.5) is 8.78 Å². The molecule has 0 radical (unpaired) electrons. The summed E-state index contributed by atoms with van der Waals surface area (Å²) in [6.45, 7) is 0. The second kappa shape index (κ2) is 7.22. The molecule has 0 spiro atoms. The second-order valence-corrected chi connectivity index (χ2v) is 11.1. The molecule has 0 aromatic heterocycles. The van der Waals surface area contributed by atoms with E-state index in [2.05, 4.69) is 6.07 Å². The molecular formula is C21H24F2N4O3S. The van der Waals surface area contributed by atoms with Gasteiger partial charge in [0, 0.05) is 24.2 Å². The first-order chi connectivity index (χ1) is 14.7. The summed E-state index contributed by atoms with van der Waals surface area (Å²) in [5.41, 5.74) is 6.36. The minimum Gasteiger partial charge on any atom is -0.322 e. The largest absolute Gasteiger partial charge is 0.322 e. The van der Waals surface area contributed by atoms with Gasteiger partial charge in [-0.15, -0.1) is 0 Å². The van der Waals surface area contributed by atoms with Crippen LogP contribution in [-0.4, -0.2) is 53.7 Å². The smallest absolute Gasteiger partial charge is 0.243 e. The number of carbonyl (C=O) groups excluding carboxylic acids is 1. The fraction of sp³-hybridized carbons (Fsp3) is 0.619. The molecule has 4 fully saturated rings. The third kappa shape index (κ3) is 3.34. The predicted octanol–water partition coefficient (Wildman–Crippen LogP) is 1.74. The maximum atomic E-state index is 13.6. The number of nitrogens with two attached hydrogens (primary N) is 1. The lowest BCUT2D eigenvalue weighted by Gasteiger charge is -2.40. The van der Waals surface area contributed by atoms with Crippen molar-refractivity contribution in [2.45, 2.75) is 73.6 Å². The Hall–Kier alpha value is -2.09. The minimum absolute atomic E-state index is 0.114. The first kappa shape index (κ1) is 20.8. The van der Waals surface area contributed by atoms with Gasteiger partial charge in [-0.3, -0.25) is 4.79 Å². The number of hydrogen-bond acceptors (Lipinski definition) is 5. The van der Waals surface area contributed by atoms with Crippen molar-refractivity contribution in [3.8, 4) is 6.07 Å². The molecule has 4 aliphatic rings. The molecule has 2 N–H and O–H groups in total. The zero-order valence-electron chi connectivity index (χ0n) is 16.8. The number of likely N-dealkylation sites (tertiary alicyclic amines) is 1. The zero-order valence-corrected chi connectivity index (χ0v) is 17.6. The van der Waals surface area contributed by atoms with E-state index in [0.717, 1.165) is 18.6 Å². The standard InChI is InChI=1S/C21H24F2N4O3S/c22-13-7-14(23)9-18(8-13)31(29,30)27-15-1-2-16(27)5-12(4-15)20(25)21(28)26-17(10-24)3-11-6-19(11)26/h7-9,11-12,15-17,19-20H,1-6,25H2/t11-,15+,16+,17+,19+,20+/m1/s1. The molecule has 1 amide bonds. The van der Waals surface area contributed by atoms with Gasteiger partial charge in [0.25, 0.3) is 0 Å². The van der Waals surface area contributed by atoms with Crippen LogP contribution in [0.5, 0.6) is 0 Å². The highest BCUT2D eigenvalue weighted by Crippen LogP contribution is 2.49. The maximum absolute atomic E-state index is 13.6. The van der Waals surface area contributed by atoms with E-state index in [4.69, 9.17) is 5.73 Å². The molecule has 3 heterocycles. The molecule has 1 aromatic carbocycles. The summed E-state index contributed by atoms with van der Waals surface area (Å²) < 4.78 is 54.9. The van der Waals surface area contributed by atoms with Crippen LogP contribution >= 0.6 is 0 Å². The molecule has 10 heteroatoms. The lowest BCUT2D eigenvalue weighted by molar-refractivity contribution is -0.135. The monoisotopic (exact) mass is 450 g/mol. The normalized spacial score (nSPS) is 35.5. The number of carbonyl (C=O) groups is 1. The van der Waals surface area contributed by atoms with Gasteiger partial charge in [-0.1, -0.05) is 0 Å². The van der Waals surface area contributed by atoms with Crippen molar-refractivity contribution in [1.29, 1.82) is 5.26 Å². The fourth-order valence-electron chi connectivity index (χ4n) is 5.92. The van der Waals surface area contributed by atoms with E-state index in [0.29, 0.717) is 44.1 Å². The van der Waals surface area contributed by atoms with E-state index in [1.165, 1.54) is 4.31 Å². The van der Waals surface area contributed by atoms with Crippen LogP contribution in [0.3, 0.4) is 0 Å². The Bertz CT molecular complexity index is 1040. The van der Waals surface area contributed by atoms with Crippen molar-refractivity contribution in [3.05, 3.63) is 29.8 Å². The van der Waals surface area contributed by atoms with Crippen LogP contribution in [0, 0.1) is 34.8 Å². The van der Waals surface area contributed by atoms with Gasteiger partial charge in [-0.05, 0) is 62.5 Å². The number of nitriles is 1. The summed E-state index contributed by atoms with van der Waals surface area (Å²) in [5, 5.41) is 9.37.